The van der Waals surface area contributed by atoms with Gasteiger partial charge in [-0.2, -0.15) is 0 Å². The van der Waals surface area contributed by atoms with Crippen LogP contribution in [-0.4, -0.2) is 61.9 Å². The van der Waals surface area contributed by atoms with Crippen molar-refractivity contribution < 1.29 is 23.9 Å². The van der Waals surface area contributed by atoms with Gasteiger partial charge in [-0.25, -0.2) is 0 Å². The largest absolute Gasteiger partial charge is 0.469 e. The normalized spacial score (nSPS) is 18.9. The number of hydrogen-bond donors (Lipinski definition) is 5. The zero-order chi connectivity index (χ0) is 20.2. The monoisotopic (exact) mass is 384 g/mol. The second-order valence-corrected chi connectivity index (χ2v) is 6.16. The number of aliphatic imine (C=N–C) groups is 1. The molecule has 0 aromatic carbocycles. The van der Waals surface area contributed by atoms with Crippen molar-refractivity contribution in [2.75, 3.05) is 20.2 Å². The van der Waals surface area contributed by atoms with Crippen molar-refractivity contribution in [3.8, 4) is 0 Å². The Morgan fingerprint density at radius 2 is 1.78 bits per heavy atom. The van der Waals surface area contributed by atoms with Gasteiger partial charge in [0.2, 0.25) is 17.7 Å². The maximum Gasteiger partial charge on any atom is 0.305 e. The van der Waals surface area contributed by atoms with Crippen molar-refractivity contribution >= 4 is 29.7 Å². The summed E-state index contributed by atoms with van der Waals surface area (Å²) in [7, 11) is 1.32. The number of nitrogens with zero attached hydrogens (tertiary/aromatic N) is 1. The van der Waals surface area contributed by atoms with E-state index < -0.39 is 18.0 Å². The summed E-state index contributed by atoms with van der Waals surface area (Å²) in [5.74, 6) is -1.41. The third-order valence-electron chi connectivity index (χ3n) is 3.96. The smallest absolute Gasteiger partial charge is 0.305 e. The molecular weight excluding hydrogens is 356 g/mol. The van der Waals surface area contributed by atoms with Gasteiger partial charge in [0, 0.05) is 19.5 Å². The number of carbonyl (C=O) groups is 4. The molecule has 1 saturated heterocycles. The van der Waals surface area contributed by atoms with Crippen LogP contribution in [0.1, 0.15) is 38.5 Å². The summed E-state index contributed by atoms with van der Waals surface area (Å²) in [5, 5.41) is 7.83. The number of piperazine rings is 1. The standard InChI is InChI=1S/C16H28N6O5/c1-27-13(24)6-2-3-7-19-12(23)9-11-15(26)21-10(14(25)22-11)5-4-8-20-16(17)18/h10-11H,2-9H2,1H3,(H,19,23)(H,21,26)(H,22,25)(H4,17,18,20)/t10-,11-/m0/s1. The molecule has 0 aromatic rings. The fourth-order valence-electron chi connectivity index (χ4n) is 2.51. The van der Waals surface area contributed by atoms with Crippen molar-refractivity contribution in [1.29, 1.82) is 0 Å². The van der Waals surface area contributed by atoms with Gasteiger partial charge in [0.15, 0.2) is 5.96 Å². The predicted molar refractivity (Wildman–Crippen MR) is 97.3 cm³/mol. The van der Waals surface area contributed by atoms with Gasteiger partial charge in [0.25, 0.3) is 0 Å². The topological polar surface area (TPSA) is 178 Å². The lowest BCUT2D eigenvalue weighted by atomic mass is 10.0. The first-order valence-corrected chi connectivity index (χ1v) is 8.83. The van der Waals surface area contributed by atoms with E-state index in [-0.39, 0.29) is 36.6 Å². The van der Waals surface area contributed by atoms with E-state index in [4.69, 9.17) is 11.5 Å². The number of unbranched alkanes of at least 4 members (excludes halogenated alkanes) is 1. The van der Waals surface area contributed by atoms with Crippen molar-refractivity contribution in [1.82, 2.24) is 16.0 Å². The van der Waals surface area contributed by atoms with Crippen LogP contribution in [0.25, 0.3) is 0 Å². The summed E-state index contributed by atoms with van der Waals surface area (Å²) in [6, 6.07) is -1.56. The number of methoxy groups -OCH3 is 1. The van der Waals surface area contributed by atoms with Gasteiger partial charge in [-0.05, 0) is 25.7 Å². The molecule has 2 atom stereocenters. The molecule has 0 bridgehead atoms. The Kier molecular flexibility index (Phi) is 9.62. The summed E-state index contributed by atoms with van der Waals surface area (Å²) in [5.41, 5.74) is 10.4. The summed E-state index contributed by atoms with van der Waals surface area (Å²) >= 11 is 0. The van der Waals surface area contributed by atoms with E-state index in [1.54, 1.807) is 0 Å². The van der Waals surface area contributed by atoms with Crippen LogP contribution in [-0.2, 0) is 23.9 Å². The van der Waals surface area contributed by atoms with Gasteiger partial charge in [0.1, 0.15) is 12.1 Å². The van der Waals surface area contributed by atoms with Crippen LogP contribution in [0.15, 0.2) is 4.99 Å². The highest BCUT2D eigenvalue weighted by Gasteiger charge is 2.34. The first-order chi connectivity index (χ1) is 12.8. The average molecular weight is 384 g/mol. The molecule has 0 unspecified atom stereocenters. The van der Waals surface area contributed by atoms with Crippen LogP contribution in [0.5, 0.6) is 0 Å². The highest BCUT2D eigenvalue weighted by atomic mass is 16.5. The Morgan fingerprint density at radius 3 is 2.44 bits per heavy atom. The lowest BCUT2D eigenvalue weighted by molar-refractivity contribution is -0.140. The molecular formula is C16H28N6O5. The lowest BCUT2D eigenvalue weighted by Crippen LogP contribution is -2.62. The van der Waals surface area contributed by atoms with Crippen molar-refractivity contribution in [2.45, 2.75) is 50.6 Å². The molecule has 11 nitrogen and oxygen atoms in total. The Labute approximate surface area is 157 Å². The van der Waals surface area contributed by atoms with Gasteiger partial charge in [0.05, 0.1) is 13.5 Å². The molecule has 1 fully saturated rings. The van der Waals surface area contributed by atoms with Crippen molar-refractivity contribution in [2.24, 2.45) is 16.5 Å². The van der Waals surface area contributed by atoms with E-state index in [0.717, 1.165) is 0 Å². The maximum absolute atomic E-state index is 12.1. The summed E-state index contributed by atoms with van der Waals surface area (Å²) in [6.07, 6.45) is 2.28. The predicted octanol–water partition coefficient (Wildman–Crippen LogP) is -2.13. The van der Waals surface area contributed by atoms with Crippen LogP contribution < -0.4 is 27.4 Å². The van der Waals surface area contributed by atoms with Crippen LogP contribution >= 0.6 is 0 Å². The molecule has 1 aliphatic heterocycles. The number of nitrogens with one attached hydrogen (secondary N) is 3. The number of carbonyl (C=O) groups excluding carboxylic acids is 4. The van der Waals surface area contributed by atoms with Gasteiger partial charge < -0.3 is 32.2 Å². The second kappa shape index (κ2) is 11.7. The molecule has 1 rings (SSSR count). The zero-order valence-electron chi connectivity index (χ0n) is 15.5. The molecule has 0 radical (unpaired) electrons. The third-order valence-corrected chi connectivity index (χ3v) is 3.96. The maximum atomic E-state index is 12.1. The Morgan fingerprint density at radius 1 is 1.11 bits per heavy atom. The van der Waals surface area contributed by atoms with Crippen LogP contribution in [0.2, 0.25) is 0 Å². The molecule has 3 amide bonds. The van der Waals surface area contributed by atoms with E-state index in [2.05, 4.69) is 25.7 Å². The minimum absolute atomic E-state index is 0.0245. The Balaban J connectivity index is 2.27. The van der Waals surface area contributed by atoms with Gasteiger partial charge in [-0.1, -0.05) is 0 Å². The van der Waals surface area contributed by atoms with E-state index in [1.165, 1.54) is 7.11 Å². The second-order valence-electron chi connectivity index (χ2n) is 6.16. The summed E-state index contributed by atoms with van der Waals surface area (Å²) in [4.78, 5) is 50.8. The van der Waals surface area contributed by atoms with Crippen LogP contribution in [0, 0.1) is 0 Å². The number of nitrogens with two attached hydrogens (primary N) is 2. The fraction of sp³-hybridized carbons (Fsp3) is 0.688. The van der Waals surface area contributed by atoms with Crippen LogP contribution in [0.3, 0.4) is 0 Å². The van der Waals surface area contributed by atoms with Crippen molar-refractivity contribution in [3.63, 3.8) is 0 Å². The summed E-state index contributed by atoms with van der Waals surface area (Å²) in [6.45, 7) is 0.745. The number of ether oxygens (including phenoxy) is 1. The minimum atomic E-state index is -0.901. The number of amides is 3. The first-order valence-electron chi connectivity index (χ1n) is 8.83. The van der Waals surface area contributed by atoms with E-state index in [9.17, 15) is 19.2 Å². The van der Waals surface area contributed by atoms with Crippen LogP contribution in [0.4, 0.5) is 0 Å². The molecule has 0 spiro atoms. The number of hydrogen-bond acceptors (Lipinski definition) is 6. The van der Waals surface area contributed by atoms with E-state index >= 15 is 0 Å². The SMILES string of the molecule is COC(=O)CCCCNC(=O)C[C@@H]1NC(=O)[C@H](CCCN=C(N)N)NC1=O. The molecule has 27 heavy (non-hydrogen) atoms. The molecule has 0 aromatic heterocycles. The molecule has 0 saturated carbocycles. The van der Waals surface area contributed by atoms with Crippen molar-refractivity contribution in [3.05, 3.63) is 0 Å². The quantitative estimate of drug-likeness (QED) is 0.117. The first kappa shape index (κ1) is 22.2. The molecule has 1 aliphatic rings. The van der Waals surface area contributed by atoms with Gasteiger partial charge in [-0.15, -0.1) is 0 Å². The van der Waals surface area contributed by atoms with E-state index in [0.29, 0.717) is 38.8 Å². The number of guanidine groups is 1. The van der Waals surface area contributed by atoms with Gasteiger partial charge >= 0.3 is 5.97 Å². The number of esters is 1. The Hall–Kier alpha value is -2.85. The number of rotatable bonds is 11. The highest BCUT2D eigenvalue weighted by Crippen LogP contribution is 2.07. The fourth-order valence-corrected chi connectivity index (χ4v) is 2.51. The van der Waals surface area contributed by atoms with Gasteiger partial charge in [-0.3, -0.25) is 24.2 Å². The minimum Gasteiger partial charge on any atom is -0.469 e. The lowest BCUT2D eigenvalue weighted by Gasteiger charge is -2.29. The average Bonchev–Trinajstić information content (AvgIpc) is 2.61. The molecule has 11 heteroatoms. The highest BCUT2D eigenvalue weighted by molar-refractivity contribution is 5.99. The Bertz CT molecular complexity index is 576. The molecule has 0 aliphatic carbocycles. The zero-order valence-corrected chi connectivity index (χ0v) is 15.5. The van der Waals surface area contributed by atoms with E-state index in [1.807, 2.05) is 0 Å². The molecule has 7 N–H and O–H groups in total. The summed E-state index contributed by atoms with van der Waals surface area (Å²) < 4.78 is 4.52. The molecule has 152 valence electrons. The third kappa shape index (κ3) is 8.88. The molecule has 1 heterocycles.